The number of nitrogens with zero attached hydrogens (tertiary/aromatic N) is 1. The Hall–Kier alpha value is -3.42. The largest absolute Gasteiger partial charge is 0.478 e. The summed E-state index contributed by atoms with van der Waals surface area (Å²) < 4.78 is 18.5. The predicted molar refractivity (Wildman–Crippen MR) is 102 cm³/mol. The molecule has 1 aromatic carbocycles. The van der Waals surface area contributed by atoms with Gasteiger partial charge in [0.2, 0.25) is 5.76 Å². The van der Waals surface area contributed by atoms with Gasteiger partial charge in [0, 0.05) is 5.69 Å². The van der Waals surface area contributed by atoms with Crippen LogP contribution in [0.15, 0.2) is 41.1 Å². The molecule has 0 saturated carbocycles. The van der Waals surface area contributed by atoms with Crippen LogP contribution in [-0.4, -0.2) is 75.4 Å². The first-order chi connectivity index (χ1) is 14.1. The van der Waals surface area contributed by atoms with Crippen molar-refractivity contribution < 1.29 is 39.1 Å². The highest BCUT2D eigenvalue weighted by Crippen LogP contribution is 2.25. The Balaban J connectivity index is 2.35. The van der Waals surface area contributed by atoms with Crippen LogP contribution in [0.1, 0.15) is 0 Å². The van der Waals surface area contributed by atoms with E-state index < -0.39 is 66.5 Å². The molecule has 164 valence electrons. The fourth-order valence-electron chi connectivity index (χ4n) is 2.79. The summed E-state index contributed by atoms with van der Waals surface area (Å²) in [5, 5.41) is 43.2. The maximum absolute atomic E-state index is 13.3. The average Bonchev–Trinajstić information content (AvgIpc) is 2.67. The fraction of sp³-hybridized carbons (Fsp3) is 0.353. The lowest BCUT2D eigenvalue weighted by Crippen LogP contribution is -2.60. The SMILES string of the molecule is NC(N)=N[C@H]1C=C(C(=O)O)O[C@@H]([C@H](O)[C@H](O)CO)[C@@H]1NC(=O)Nc1cccc(F)c1. The number of rotatable bonds is 7. The van der Waals surface area contributed by atoms with Gasteiger partial charge in [0.15, 0.2) is 12.1 Å². The van der Waals surface area contributed by atoms with E-state index in [0.29, 0.717) is 0 Å². The third kappa shape index (κ3) is 5.79. The Bertz CT molecular complexity index is 846. The summed E-state index contributed by atoms with van der Waals surface area (Å²) in [7, 11) is 0. The standard InChI is InChI=1S/C17H22FN5O7/c18-7-2-1-3-8(4-7)21-17(29)23-12-9(22-16(19)20)5-11(15(27)28)30-14(12)13(26)10(25)6-24/h1-5,9-10,12-14,24-26H,6H2,(H,27,28)(H4,19,20,22)(H2,21,23,29)/t9-,10+,12+,13+,14+/m0/s1. The molecule has 0 bridgehead atoms. The highest BCUT2D eigenvalue weighted by Gasteiger charge is 2.44. The summed E-state index contributed by atoms with van der Waals surface area (Å²) in [6.07, 6.45) is -4.11. The lowest BCUT2D eigenvalue weighted by Gasteiger charge is -2.38. The third-order valence-electron chi connectivity index (χ3n) is 4.11. The van der Waals surface area contributed by atoms with Gasteiger partial charge in [-0.2, -0.15) is 0 Å². The number of amides is 2. The lowest BCUT2D eigenvalue weighted by molar-refractivity contribution is -0.144. The topological polar surface area (TPSA) is 213 Å². The van der Waals surface area contributed by atoms with Gasteiger partial charge in [0.25, 0.3) is 0 Å². The lowest BCUT2D eigenvalue weighted by atomic mass is 9.92. The number of carboxylic acid groups (broad SMARTS) is 1. The molecule has 2 amide bonds. The van der Waals surface area contributed by atoms with E-state index >= 15 is 0 Å². The van der Waals surface area contributed by atoms with Crippen molar-refractivity contribution in [3.63, 3.8) is 0 Å². The smallest absolute Gasteiger partial charge is 0.370 e. The Labute approximate surface area is 169 Å². The third-order valence-corrected chi connectivity index (χ3v) is 4.11. The number of hydrogen-bond donors (Lipinski definition) is 8. The van der Waals surface area contributed by atoms with Crippen LogP contribution in [-0.2, 0) is 9.53 Å². The zero-order valence-corrected chi connectivity index (χ0v) is 15.5. The molecule has 0 fully saturated rings. The number of carbonyl (C=O) groups is 2. The number of ether oxygens (including phenoxy) is 1. The van der Waals surface area contributed by atoms with E-state index in [-0.39, 0.29) is 5.69 Å². The number of nitrogens with two attached hydrogens (primary N) is 2. The monoisotopic (exact) mass is 427 g/mol. The molecule has 10 N–H and O–H groups in total. The minimum absolute atomic E-state index is 0.108. The van der Waals surface area contributed by atoms with Crippen LogP contribution >= 0.6 is 0 Å². The van der Waals surface area contributed by atoms with Gasteiger partial charge in [-0.25, -0.2) is 19.0 Å². The maximum Gasteiger partial charge on any atom is 0.370 e. The molecule has 0 aliphatic carbocycles. The van der Waals surface area contributed by atoms with Crippen LogP contribution in [0.3, 0.4) is 0 Å². The van der Waals surface area contributed by atoms with Gasteiger partial charge >= 0.3 is 12.0 Å². The molecule has 0 saturated heterocycles. The molecule has 1 aliphatic rings. The van der Waals surface area contributed by atoms with E-state index in [1.165, 1.54) is 18.2 Å². The van der Waals surface area contributed by atoms with E-state index in [1.54, 1.807) is 0 Å². The zero-order valence-electron chi connectivity index (χ0n) is 15.5. The quantitative estimate of drug-likeness (QED) is 0.179. The number of urea groups is 1. The molecule has 0 spiro atoms. The molecule has 1 heterocycles. The molecular formula is C17H22FN5O7. The molecule has 0 aromatic heterocycles. The van der Waals surface area contributed by atoms with Gasteiger partial charge in [-0.3, -0.25) is 0 Å². The summed E-state index contributed by atoms with van der Waals surface area (Å²) in [6.45, 7) is -0.873. The van der Waals surface area contributed by atoms with Gasteiger partial charge in [-0.15, -0.1) is 0 Å². The van der Waals surface area contributed by atoms with Gasteiger partial charge < -0.3 is 47.3 Å². The van der Waals surface area contributed by atoms with Crippen LogP contribution in [0.5, 0.6) is 0 Å². The van der Waals surface area contributed by atoms with Crippen molar-refractivity contribution in [1.29, 1.82) is 0 Å². The normalized spacial score (nSPS) is 22.7. The van der Waals surface area contributed by atoms with Crippen molar-refractivity contribution in [3.05, 3.63) is 41.9 Å². The summed E-state index contributed by atoms with van der Waals surface area (Å²) in [5.41, 5.74) is 10.9. The first-order valence-electron chi connectivity index (χ1n) is 8.63. The molecule has 0 radical (unpaired) electrons. The molecule has 1 aromatic rings. The van der Waals surface area contributed by atoms with E-state index in [9.17, 15) is 29.3 Å². The summed E-state index contributed by atoms with van der Waals surface area (Å²) in [4.78, 5) is 27.6. The number of nitrogens with one attached hydrogen (secondary N) is 2. The second-order valence-electron chi connectivity index (χ2n) is 6.34. The predicted octanol–water partition coefficient (Wildman–Crippen LogP) is -1.96. The summed E-state index contributed by atoms with van der Waals surface area (Å²) in [6, 6.07) is 1.63. The highest BCUT2D eigenvalue weighted by molar-refractivity contribution is 5.90. The number of hydrogen-bond acceptors (Lipinski definition) is 7. The molecule has 5 atom stereocenters. The van der Waals surface area contributed by atoms with Gasteiger partial charge in [-0.05, 0) is 24.3 Å². The van der Waals surface area contributed by atoms with Crippen molar-refractivity contribution in [2.24, 2.45) is 16.5 Å². The Morgan fingerprint density at radius 2 is 2.00 bits per heavy atom. The Morgan fingerprint density at radius 3 is 2.57 bits per heavy atom. The van der Waals surface area contributed by atoms with Crippen molar-refractivity contribution in [3.8, 4) is 0 Å². The number of carbonyl (C=O) groups excluding carboxylic acids is 1. The van der Waals surface area contributed by atoms with Crippen LogP contribution in [0.25, 0.3) is 0 Å². The van der Waals surface area contributed by atoms with Crippen molar-refractivity contribution in [2.75, 3.05) is 11.9 Å². The van der Waals surface area contributed by atoms with E-state index in [1.807, 2.05) is 0 Å². The Kier molecular flexibility index (Phi) is 7.52. The molecule has 2 rings (SSSR count). The van der Waals surface area contributed by atoms with E-state index in [2.05, 4.69) is 15.6 Å². The summed E-state index contributed by atoms with van der Waals surface area (Å²) >= 11 is 0. The second kappa shape index (κ2) is 9.87. The van der Waals surface area contributed by atoms with Crippen LogP contribution in [0.4, 0.5) is 14.9 Å². The Morgan fingerprint density at radius 1 is 1.30 bits per heavy atom. The van der Waals surface area contributed by atoms with Crippen molar-refractivity contribution in [2.45, 2.75) is 30.4 Å². The number of aliphatic imine (C=N–C) groups is 1. The number of halogens is 1. The minimum Gasteiger partial charge on any atom is -0.478 e. The van der Waals surface area contributed by atoms with E-state index in [4.69, 9.17) is 21.3 Å². The first kappa shape index (κ1) is 22.9. The van der Waals surface area contributed by atoms with Gasteiger partial charge in [-0.1, -0.05) is 6.07 Å². The highest BCUT2D eigenvalue weighted by atomic mass is 19.1. The number of aliphatic carboxylic acids is 1. The number of anilines is 1. The van der Waals surface area contributed by atoms with Crippen molar-refractivity contribution >= 4 is 23.6 Å². The zero-order chi connectivity index (χ0) is 22.4. The number of aliphatic hydroxyl groups is 3. The molecule has 12 nitrogen and oxygen atoms in total. The van der Waals surface area contributed by atoms with Crippen LogP contribution in [0, 0.1) is 5.82 Å². The average molecular weight is 427 g/mol. The van der Waals surface area contributed by atoms with Crippen LogP contribution < -0.4 is 22.1 Å². The molecule has 0 unspecified atom stereocenters. The van der Waals surface area contributed by atoms with Crippen molar-refractivity contribution in [1.82, 2.24) is 5.32 Å². The molecular weight excluding hydrogens is 405 g/mol. The molecule has 13 heteroatoms. The number of aliphatic hydroxyl groups excluding tert-OH is 3. The van der Waals surface area contributed by atoms with Gasteiger partial charge in [0.05, 0.1) is 18.7 Å². The summed E-state index contributed by atoms with van der Waals surface area (Å²) in [5.74, 6) is -3.19. The molecule has 30 heavy (non-hydrogen) atoms. The fourth-order valence-corrected chi connectivity index (χ4v) is 2.79. The maximum atomic E-state index is 13.3. The number of guanidine groups is 1. The second-order valence-corrected chi connectivity index (χ2v) is 6.34. The van der Waals surface area contributed by atoms with Gasteiger partial charge in [0.1, 0.15) is 18.0 Å². The van der Waals surface area contributed by atoms with E-state index in [0.717, 1.165) is 12.1 Å². The molecule has 1 aliphatic heterocycles. The van der Waals surface area contributed by atoms with Crippen LogP contribution in [0.2, 0.25) is 0 Å². The first-order valence-corrected chi connectivity index (χ1v) is 8.63. The number of benzene rings is 1. The number of carboxylic acids is 1. The minimum atomic E-state index is -1.82.